The Balaban J connectivity index is 1.54. The molecule has 0 bridgehead atoms. The number of likely N-dealkylation sites (N-methyl/N-ethyl adjacent to an activating group) is 1. The molecule has 14 nitrogen and oxygen atoms in total. The Labute approximate surface area is 218 Å². The van der Waals surface area contributed by atoms with Gasteiger partial charge in [0.05, 0.1) is 10.8 Å². The van der Waals surface area contributed by atoms with Crippen LogP contribution in [0.3, 0.4) is 0 Å². The molecule has 3 heterocycles. The summed E-state index contributed by atoms with van der Waals surface area (Å²) >= 11 is 0.888. The van der Waals surface area contributed by atoms with E-state index in [9.17, 15) is 38.5 Å². The topological polar surface area (TPSA) is 204 Å². The zero-order valence-electron chi connectivity index (χ0n) is 19.8. The van der Waals surface area contributed by atoms with Crippen molar-refractivity contribution >= 4 is 53.3 Å². The minimum atomic E-state index is -1.75. The second-order valence-corrected chi connectivity index (χ2v) is 9.46. The smallest absolute Gasteiger partial charge is 0.534 e. The number of carboxylic acid groups (broad SMARTS) is 1. The van der Waals surface area contributed by atoms with Crippen molar-refractivity contribution in [3.63, 3.8) is 0 Å². The van der Waals surface area contributed by atoms with Crippen LogP contribution in [0.2, 0.25) is 0 Å². The van der Waals surface area contributed by atoms with Gasteiger partial charge in [0.25, 0.3) is 0 Å². The van der Waals surface area contributed by atoms with Crippen molar-refractivity contribution in [3.05, 3.63) is 40.2 Å². The van der Waals surface area contributed by atoms with E-state index in [1.54, 1.807) is 6.92 Å². The number of carboxylic acids is 1. The fourth-order valence-corrected chi connectivity index (χ4v) is 4.83. The van der Waals surface area contributed by atoms with Crippen LogP contribution < -0.4 is 21.0 Å². The van der Waals surface area contributed by atoms with Gasteiger partial charge in [-0.3, -0.25) is 19.3 Å². The lowest BCUT2D eigenvalue weighted by Crippen LogP contribution is -2.60. The highest BCUT2D eigenvalue weighted by Crippen LogP contribution is 2.32. The van der Waals surface area contributed by atoms with Crippen LogP contribution in [0.25, 0.3) is 0 Å². The molecule has 2 aliphatic heterocycles. The number of fused-ring (bicyclic) bond motifs is 1. The average molecular weight is 548 g/mol. The summed E-state index contributed by atoms with van der Waals surface area (Å²) in [6, 6.07) is -0.231. The lowest BCUT2D eigenvalue weighted by Gasteiger charge is -2.33. The average Bonchev–Trinajstić information content (AvgIpc) is 3.30. The van der Waals surface area contributed by atoms with E-state index in [0.717, 1.165) is 17.4 Å². The van der Waals surface area contributed by atoms with Gasteiger partial charge in [0.1, 0.15) is 23.2 Å². The van der Waals surface area contributed by atoms with Gasteiger partial charge in [-0.2, -0.15) is 0 Å². The first-order chi connectivity index (χ1) is 18.0. The maximum atomic E-state index is 14.0. The minimum Gasteiger partial charge on any atom is -0.534 e. The number of carbonyl (C=O) groups is 5. The Bertz CT molecular complexity index is 1320. The van der Waals surface area contributed by atoms with E-state index in [4.69, 9.17) is 10.4 Å². The number of hydrogen-bond acceptors (Lipinski definition) is 10. The largest absolute Gasteiger partial charge is 0.547 e. The van der Waals surface area contributed by atoms with Gasteiger partial charge in [-0.1, -0.05) is 17.4 Å². The van der Waals surface area contributed by atoms with Crippen LogP contribution in [0.15, 0.2) is 18.3 Å². The number of nitrogens with two attached hydrogens (primary N) is 1. The highest BCUT2D eigenvalue weighted by molar-refractivity contribution is 7.15. The molecule has 4 rings (SSSR count). The fourth-order valence-electron chi connectivity index (χ4n) is 4.10. The number of piperazine rings is 1. The number of carbonyl (C=O) groups excluding carboxylic acids is 4. The summed E-state index contributed by atoms with van der Waals surface area (Å²) in [4.78, 5) is 68.3. The Morgan fingerprint density at radius 3 is 2.68 bits per heavy atom. The first kappa shape index (κ1) is 26.8. The van der Waals surface area contributed by atoms with E-state index in [2.05, 4.69) is 15.6 Å². The predicted molar refractivity (Wildman–Crippen MR) is 129 cm³/mol. The molecule has 17 heteroatoms. The summed E-state index contributed by atoms with van der Waals surface area (Å²) in [6.07, 6.45) is 1.12. The van der Waals surface area contributed by atoms with E-state index in [1.807, 2.05) is 0 Å². The highest BCUT2D eigenvalue weighted by atomic mass is 32.1. The molecule has 0 radical (unpaired) electrons. The van der Waals surface area contributed by atoms with Crippen molar-refractivity contribution in [2.75, 3.05) is 25.4 Å². The molecule has 0 saturated carbocycles. The number of nitrogens with one attached hydrogen (secondary N) is 2. The van der Waals surface area contributed by atoms with Crippen molar-refractivity contribution in [2.45, 2.75) is 25.3 Å². The summed E-state index contributed by atoms with van der Waals surface area (Å²) in [5.74, 6) is -6.86. The molecule has 1 saturated heterocycles. The van der Waals surface area contributed by atoms with Gasteiger partial charge >= 0.3 is 30.9 Å². The highest BCUT2D eigenvalue weighted by Gasteiger charge is 2.41. The van der Waals surface area contributed by atoms with Gasteiger partial charge in [-0.25, -0.2) is 19.0 Å². The lowest BCUT2D eigenvalue weighted by atomic mass is 9.72. The number of rotatable bonds is 6. The van der Waals surface area contributed by atoms with Crippen molar-refractivity contribution in [3.8, 4) is 5.75 Å². The number of halogens is 1. The maximum Gasteiger partial charge on any atom is 0.547 e. The van der Waals surface area contributed by atoms with Crippen LogP contribution >= 0.6 is 11.3 Å². The fraction of sp³-hybridized carbons (Fsp3) is 0.333. The number of nitrogens with zero attached hydrogens (tertiary/aromatic N) is 3. The lowest BCUT2D eigenvalue weighted by molar-refractivity contribution is -0.153. The van der Waals surface area contributed by atoms with E-state index >= 15 is 0 Å². The van der Waals surface area contributed by atoms with Crippen molar-refractivity contribution in [1.82, 2.24) is 25.4 Å². The second kappa shape index (κ2) is 10.6. The van der Waals surface area contributed by atoms with Crippen LogP contribution in [-0.4, -0.2) is 87.3 Å². The molecule has 1 fully saturated rings. The van der Waals surface area contributed by atoms with Crippen molar-refractivity contribution in [2.24, 2.45) is 0 Å². The molecule has 200 valence electrons. The molecule has 5 amide bonds. The van der Waals surface area contributed by atoms with Crippen LogP contribution in [0.4, 0.5) is 14.3 Å². The number of imide groups is 1. The van der Waals surface area contributed by atoms with Gasteiger partial charge in [0.15, 0.2) is 5.13 Å². The number of thiazole rings is 1. The predicted octanol–water partition coefficient (Wildman–Crippen LogP) is -0.856. The number of aromatic nitrogens is 1. The minimum absolute atomic E-state index is 0.0855. The number of hydrogen-bond donors (Lipinski definition) is 5. The molecule has 1 aromatic carbocycles. The number of benzene rings is 1. The summed E-state index contributed by atoms with van der Waals surface area (Å²) in [5, 5.41) is 24.8. The normalized spacial score (nSPS) is 18.0. The molecular formula is C21H22BFN6O8S. The molecule has 1 unspecified atom stereocenters. The van der Waals surface area contributed by atoms with E-state index in [0.29, 0.717) is 11.4 Å². The van der Waals surface area contributed by atoms with Crippen LogP contribution in [0.5, 0.6) is 5.75 Å². The van der Waals surface area contributed by atoms with E-state index < -0.39 is 60.2 Å². The van der Waals surface area contributed by atoms with Crippen molar-refractivity contribution < 1.29 is 43.1 Å². The molecule has 0 spiro atoms. The number of urea groups is 1. The van der Waals surface area contributed by atoms with Gasteiger partial charge in [0.2, 0.25) is 5.91 Å². The van der Waals surface area contributed by atoms with Gasteiger partial charge in [-0.15, -0.1) is 0 Å². The van der Waals surface area contributed by atoms with Crippen molar-refractivity contribution in [1.29, 1.82) is 0 Å². The van der Waals surface area contributed by atoms with E-state index in [-0.39, 0.29) is 40.8 Å². The molecule has 2 aliphatic rings. The first-order valence-electron chi connectivity index (χ1n) is 11.3. The first-order valence-corrected chi connectivity index (χ1v) is 12.2. The summed E-state index contributed by atoms with van der Waals surface area (Å²) in [7, 11) is -1.75. The number of anilines is 1. The zero-order chi connectivity index (χ0) is 27.7. The Morgan fingerprint density at radius 2 is 2.05 bits per heavy atom. The van der Waals surface area contributed by atoms with Crippen LogP contribution in [0.1, 0.15) is 33.8 Å². The third-order valence-electron chi connectivity index (χ3n) is 6.04. The molecule has 38 heavy (non-hydrogen) atoms. The maximum absolute atomic E-state index is 14.0. The summed E-state index contributed by atoms with van der Waals surface area (Å²) in [6.45, 7) is 2.03. The van der Waals surface area contributed by atoms with Crippen LogP contribution in [0, 0.1) is 5.82 Å². The van der Waals surface area contributed by atoms with Gasteiger partial charge in [-0.05, 0) is 25.0 Å². The third-order valence-corrected chi connectivity index (χ3v) is 6.94. The third kappa shape index (κ3) is 5.10. The molecular weight excluding hydrogens is 526 g/mol. The monoisotopic (exact) mass is 548 g/mol. The number of aromatic carboxylic acids is 1. The molecule has 6 N–H and O–H groups in total. The van der Waals surface area contributed by atoms with Gasteiger partial charge in [0, 0.05) is 25.8 Å². The Kier molecular flexibility index (Phi) is 7.50. The number of amides is 5. The quantitative estimate of drug-likeness (QED) is 0.223. The van der Waals surface area contributed by atoms with Crippen LogP contribution in [-0.2, 0) is 20.8 Å². The zero-order valence-corrected chi connectivity index (χ0v) is 20.7. The second-order valence-electron chi connectivity index (χ2n) is 8.37. The summed E-state index contributed by atoms with van der Waals surface area (Å²) in [5.41, 5.74) is 5.15. The SMILES string of the molecule is CCN1CCN(C(=O)NC(C(=O)N[C@H]2Cc3ccc(F)c(C(=O)O)c3OB2O)c2cnc(N)s2)C(=O)C1=O. The Morgan fingerprint density at radius 1 is 1.32 bits per heavy atom. The molecule has 2 aromatic rings. The Hall–Kier alpha value is -4.25. The van der Waals surface area contributed by atoms with E-state index in [1.165, 1.54) is 17.2 Å². The summed E-state index contributed by atoms with van der Waals surface area (Å²) < 4.78 is 19.2. The molecule has 2 atom stereocenters. The number of nitrogen functional groups attached to an aromatic ring is 1. The molecule has 1 aromatic heterocycles. The standard InChI is InChI=1S/C21H22BFN6O8S/c1-2-28-5-6-29(18(32)17(28)31)21(35)27-14(11-8-25-20(24)38-11)16(30)26-12-7-9-3-4-10(23)13(19(33)34)15(9)37-22(12)36/h3-4,8,12,14,36H,2,5-7H2,1H3,(H2,24,25)(H,26,30)(H,27,35)(H,33,34)/t12-,14?/m0/s1. The molecule has 0 aliphatic carbocycles. The van der Waals surface area contributed by atoms with Gasteiger partial charge < -0.3 is 36.1 Å².